The van der Waals surface area contributed by atoms with Gasteiger partial charge in [0.1, 0.15) is 36.1 Å². The highest BCUT2D eigenvalue weighted by molar-refractivity contribution is 6.28. The standard InChI is InChI=1S/C49H59F2N11O9/c1-29(45(68)59-37(11-8-22-55-48(53)71)47(70)57-32-13-15-33(16-14-32)62-40(65)18-19-41(62)66)56-39(64)20-23-54-46(69)36(52)21-24-61(42(67)28-63)43(49(2,3)4)44-58-38(34-25-31(50)12-17-35(34)51)27-60(44)26-30-9-6-5-7-10-30/h5-7,9-10,12-19,25,27,29,36-37,43,63H,8,11,20-24,26,28,52H2,1-4H3,(H,54,69)(H,56,64)(H,57,70)(H,59,68)(H3,53,55,71)/t29-,36-,37-,43-/m0/s1. The third-order valence-corrected chi connectivity index (χ3v) is 11.3. The van der Waals surface area contributed by atoms with Gasteiger partial charge in [0.05, 0.1) is 23.5 Å². The molecule has 2 heterocycles. The Kier molecular flexibility index (Phi) is 18.8. The summed E-state index contributed by atoms with van der Waals surface area (Å²) in [4.78, 5) is 109. The first-order chi connectivity index (χ1) is 33.7. The molecule has 20 nitrogen and oxygen atoms in total. The maximum Gasteiger partial charge on any atom is 0.312 e. The number of aliphatic hydroxyl groups is 1. The molecule has 0 bridgehead atoms. The number of aliphatic hydroxyl groups excluding tert-OH is 1. The number of anilines is 2. The molecule has 0 aliphatic carbocycles. The van der Waals surface area contributed by atoms with Crippen LogP contribution in [0.1, 0.15) is 70.8 Å². The summed E-state index contributed by atoms with van der Waals surface area (Å²) in [5.41, 5.74) is 12.1. The molecular weight excluding hydrogens is 925 g/mol. The molecule has 4 aromatic rings. The van der Waals surface area contributed by atoms with E-state index in [1.165, 1.54) is 36.1 Å². The minimum Gasteiger partial charge on any atom is -0.387 e. The van der Waals surface area contributed by atoms with E-state index in [4.69, 9.17) is 16.5 Å². The minimum atomic E-state index is -1.20. The first kappa shape index (κ1) is 54.1. The highest BCUT2D eigenvalue weighted by Crippen LogP contribution is 2.39. The SMILES string of the molecule is C[C@H](NC(=O)CCNC(=O)[C@@H](N)CCN(C(=O)CO)[C@@H](c1nc(-c2cc(F)ccc2F)cn1Cc1ccccc1)C(C)(C)C)C(=O)N[C@@H](CCCNC(N)=O)C(=O)Nc1ccc(N2C(=O)C=CC2=O)cc1. The van der Waals surface area contributed by atoms with Gasteiger partial charge in [0, 0.05) is 62.2 Å². The summed E-state index contributed by atoms with van der Waals surface area (Å²) in [5, 5.41) is 22.9. The van der Waals surface area contributed by atoms with Crippen LogP contribution >= 0.6 is 0 Å². The van der Waals surface area contributed by atoms with E-state index in [1.54, 1.807) is 10.8 Å². The van der Waals surface area contributed by atoms with Crippen LogP contribution in [-0.2, 0) is 40.1 Å². The van der Waals surface area contributed by atoms with Gasteiger partial charge in [-0.3, -0.25) is 33.6 Å². The molecule has 0 radical (unpaired) electrons. The fourth-order valence-electron chi connectivity index (χ4n) is 7.74. The Morgan fingerprint density at radius 3 is 2.15 bits per heavy atom. The van der Waals surface area contributed by atoms with E-state index in [9.17, 15) is 47.9 Å². The number of hydrogen-bond donors (Lipinski definition) is 8. The van der Waals surface area contributed by atoms with Gasteiger partial charge in [-0.15, -0.1) is 0 Å². The molecule has 1 aliphatic heterocycles. The van der Waals surface area contributed by atoms with Crippen LogP contribution in [0, 0.1) is 17.0 Å². The maximum atomic E-state index is 15.1. The Morgan fingerprint density at radius 2 is 1.52 bits per heavy atom. The Morgan fingerprint density at radius 1 is 0.845 bits per heavy atom. The zero-order chi connectivity index (χ0) is 52.0. The molecule has 9 amide bonds. The summed E-state index contributed by atoms with van der Waals surface area (Å²) < 4.78 is 31.2. The molecule has 0 unspecified atom stereocenters. The van der Waals surface area contributed by atoms with E-state index in [-0.39, 0.29) is 74.5 Å². The average Bonchev–Trinajstić information content (AvgIpc) is 3.89. The van der Waals surface area contributed by atoms with Gasteiger partial charge in [-0.05, 0) is 79.6 Å². The van der Waals surface area contributed by atoms with Gasteiger partial charge in [-0.2, -0.15) is 0 Å². The van der Waals surface area contributed by atoms with Crippen molar-refractivity contribution in [3.8, 4) is 11.3 Å². The van der Waals surface area contributed by atoms with Crippen molar-refractivity contribution in [2.45, 2.75) is 84.1 Å². The molecule has 10 N–H and O–H groups in total. The van der Waals surface area contributed by atoms with Crippen LogP contribution in [0.25, 0.3) is 11.3 Å². The van der Waals surface area contributed by atoms with Crippen molar-refractivity contribution >= 4 is 58.8 Å². The number of nitrogens with zero attached hydrogens (tertiary/aromatic N) is 4. The maximum absolute atomic E-state index is 15.1. The predicted octanol–water partition coefficient (Wildman–Crippen LogP) is 2.51. The molecule has 0 saturated carbocycles. The molecule has 0 saturated heterocycles. The van der Waals surface area contributed by atoms with Crippen molar-refractivity contribution in [1.82, 2.24) is 35.7 Å². The Bertz CT molecular complexity index is 2600. The number of rotatable bonds is 23. The number of carbonyl (C=O) groups excluding carboxylic acids is 8. The zero-order valence-electron chi connectivity index (χ0n) is 39.7. The number of carbonyl (C=O) groups is 8. The number of imide groups is 1. The zero-order valence-corrected chi connectivity index (χ0v) is 39.7. The van der Waals surface area contributed by atoms with Crippen LogP contribution in [0.3, 0.4) is 0 Å². The Balaban J connectivity index is 1.18. The van der Waals surface area contributed by atoms with Crippen LogP contribution in [0.5, 0.6) is 0 Å². The highest BCUT2D eigenvalue weighted by Gasteiger charge is 2.39. The topological polar surface area (TPSA) is 293 Å². The number of nitrogens with two attached hydrogens (primary N) is 2. The number of amides is 9. The van der Waals surface area contributed by atoms with Gasteiger partial charge >= 0.3 is 6.03 Å². The van der Waals surface area contributed by atoms with E-state index in [1.807, 2.05) is 51.1 Å². The number of imidazole rings is 1. The number of halogens is 2. The van der Waals surface area contributed by atoms with Crippen LogP contribution in [-0.4, -0.2) is 111 Å². The average molecular weight is 984 g/mol. The van der Waals surface area contributed by atoms with Crippen molar-refractivity contribution < 1.29 is 52.2 Å². The number of nitrogens with one attached hydrogen (secondary N) is 5. The summed E-state index contributed by atoms with van der Waals surface area (Å²) in [6, 6.07) is 13.0. The number of urea groups is 1. The molecule has 5 rings (SSSR count). The van der Waals surface area contributed by atoms with E-state index in [0.29, 0.717) is 5.82 Å². The number of benzene rings is 3. The second kappa shape index (κ2) is 24.6. The monoisotopic (exact) mass is 983 g/mol. The number of primary amides is 1. The van der Waals surface area contributed by atoms with E-state index < -0.39 is 95.2 Å². The van der Waals surface area contributed by atoms with Crippen LogP contribution < -0.4 is 43.0 Å². The van der Waals surface area contributed by atoms with E-state index in [2.05, 4.69) is 26.6 Å². The lowest BCUT2D eigenvalue weighted by Crippen LogP contribution is -2.52. The van der Waals surface area contributed by atoms with Crippen LogP contribution in [0.2, 0.25) is 0 Å². The molecule has 1 aromatic heterocycles. The van der Waals surface area contributed by atoms with Gasteiger partial charge in [-0.1, -0.05) is 51.1 Å². The van der Waals surface area contributed by atoms with Crippen LogP contribution in [0.15, 0.2) is 91.1 Å². The number of aromatic nitrogens is 2. The second-order valence-electron chi connectivity index (χ2n) is 17.8. The van der Waals surface area contributed by atoms with Gasteiger partial charge in [-0.25, -0.2) is 23.5 Å². The van der Waals surface area contributed by atoms with Crippen molar-refractivity contribution in [2.75, 3.05) is 36.5 Å². The second-order valence-corrected chi connectivity index (χ2v) is 17.8. The van der Waals surface area contributed by atoms with Crippen molar-refractivity contribution in [1.29, 1.82) is 0 Å². The van der Waals surface area contributed by atoms with Crippen molar-refractivity contribution in [3.05, 3.63) is 114 Å². The predicted molar refractivity (Wildman–Crippen MR) is 257 cm³/mol. The molecule has 378 valence electrons. The smallest absolute Gasteiger partial charge is 0.312 e. The molecule has 0 fully saturated rings. The summed E-state index contributed by atoms with van der Waals surface area (Å²) in [6.07, 6.45) is 3.73. The highest BCUT2D eigenvalue weighted by atomic mass is 19.1. The Labute approximate surface area is 408 Å². The molecule has 1 aliphatic rings. The third kappa shape index (κ3) is 15.1. The van der Waals surface area contributed by atoms with Gasteiger partial charge in [0.2, 0.25) is 29.5 Å². The lowest BCUT2D eigenvalue weighted by atomic mass is 9.84. The van der Waals surface area contributed by atoms with Crippen molar-refractivity contribution in [3.63, 3.8) is 0 Å². The largest absolute Gasteiger partial charge is 0.387 e. The quantitative estimate of drug-likeness (QED) is 0.0395. The minimum absolute atomic E-state index is 0.0471. The van der Waals surface area contributed by atoms with Gasteiger partial charge in [0.25, 0.3) is 11.8 Å². The molecule has 0 spiro atoms. The number of hydrogen-bond acceptors (Lipinski definition) is 11. The van der Waals surface area contributed by atoms with E-state index in [0.717, 1.165) is 40.8 Å². The van der Waals surface area contributed by atoms with Gasteiger partial charge in [0.15, 0.2) is 0 Å². The first-order valence-electron chi connectivity index (χ1n) is 22.8. The summed E-state index contributed by atoms with van der Waals surface area (Å²) in [5.74, 6) is -5.47. The summed E-state index contributed by atoms with van der Waals surface area (Å²) in [6.45, 7) is 6.03. The fraction of sp³-hybridized carbons (Fsp3) is 0.367. The molecular formula is C49H59F2N11O9. The molecule has 22 heteroatoms. The first-order valence-corrected chi connectivity index (χ1v) is 22.8. The molecule has 71 heavy (non-hydrogen) atoms. The normalized spacial score (nSPS) is 14.0. The Hall–Kier alpha value is -7.85. The lowest BCUT2D eigenvalue weighted by molar-refractivity contribution is -0.140. The van der Waals surface area contributed by atoms with Crippen molar-refractivity contribution in [2.24, 2.45) is 16.9 Å². The van der Waals surface area contributed by atoms with Gasteiger partial charge < -0.3 is 52.6 Å². The van der Waals surface area contributed by atoms with E-state index >= 15 is 4.39 Å². The van der Waals surface area contributed by atoms with Crippen LogP contribution in [0.4, 0.5) is 25.0 Å². The lowest BCUT2D eigenvalue weighted by Gasteiger charge is -2.40. The fourth-order valence-corrected chi connectivity index (χ4v) is 7.74. The third-order valence-electron chi connectivity index (χ3n) is 11.3. The summed E-state index contributed by atoms with van der Waals surface area (Å²) >= 11 is 0. The molecule has 4 atom stereocenters. The summed E-state index contributed by atoms with van der Waals surface area (Å²) in [7, 11) is 0. The molecule has 3 aromatic carbocycles.